The first-order valence-electron chi connectivity index (χ1n) is 4.43. The van der Waals surface area contributed by atoms with Crippen molar-refractivity contribution in [1.29, 1.82) is 0 Å². The first-order chi connectivity index (χ1) is 6.56. The van der Waals surface area contributed by atoms with Crippen LogP contribution in [0.4, 0.5) is 0 Å². The number of hydrogen-bond donors (Lipinski definition) is 1. The molecule has 14 heavy (non-hydrogen) atoms. The maximum absolute atomic E-state index is 10.7. The highest BCUT2D eigenvalue weighted by atomic mass is 16.5. The molecule has 0 bridgehead atoms. The van der Waals surface area contributed by atoms with E-state index in [-0.39, 0.29) is 0 Å². The second kappa shape index (κ2) is 4.13. The minimum atomic E-state index is -0.823. The summed E-state index contributed by atoms with van der Waals surface area (Å²) in [6.45, 7) is 3.58. The summed E-state index contributed by atoms with van der Waals surface area (Å²) < 4.78 is 5.12. The Balaban J connectivity index is 3.06. The standard InChI is InChI=1S/C11H14O3/c1-7-4-5-9(6-10(7)14-3)8(2)11(12)13/h4-6,8H,1-3H3,(H,12,13)/t8-/m0/s1. The van der Waals surface area contributed by atoms with Gasteiger partial charge in [-0.1, -0.05) is 12.1 Å². The van der Waals surface area contributed by atoms with Gasteiger partial charge in [0.2, 0.25) is 0 Å². The summed E-state index contributed by atoms with van der Waals surface area (Å²) in [5.41, 5.74) is 1.77. The van der Waals surface area contributed by atoms with Crippen molar-refractivity contribution in [1.82, 2.24) is 0 Å². The van der Waals surface area contributed by atoms with E-state index in [1.54, 1.807) is 20.1 Å². The number of carbonyl (C=O) groups is 1. The van der Waals surface area contributed by atoms with E-state index in [0.717, 1.165) is 16.9 Å². The third kappa shape index (κ3) is 2.05. The molecule has 3 heteroatoms. The minimum absolute atomic E-state index is 0.496. The summed E-state index contributed by atoms with van der Waals surface area (Å²) in [7, 11) is 1.58. The molecule has 0 aliphatic heterocycles. The molecular formula is C11H14O3. The van der Waals surface area contributed by atoms with Gasteiger partial charge in [-0.25, -0.2) is 0 Å². The summed E-state index contributed by atoms with van der Waals surface area (Å²) in [6.07, 6.45) is 0. The van der Waals surface area contributed by atoms with Gasteiger partial charge in [0.1, 0.15) is 5.75 Å². The number of carboxylic acids is 1. The van der Waals surface area contributed by atoms with Gasteiger partial charge in [-0.2, -0.15) is 0 Å². The minimum Gasteiger partial charge on any atom is -0.496 e. The smallest absolute Gasteiger partial charge is 0.310 e. The Bertz CT molecular complexity index is 344. The van der Waals surface area contributed by atoms with Gasteiger partial charge in [-0.3, -0.25) is 4.79 Å². The number of carboxylic acid groups (broad SMARTS) is 1. The van der Waals surface area contributed by atoms with Gasteiger partial charge in [0.25, 0.3) is 0 Å². The SMILES string of the molecule is COc1cc([C@H](C)C(=O)O)ccc1C. The van der Waals surface area contributed by atoms with Crippen molar-refractivity contribution in [2.45, 2.75) is 19.8 Å². The van der Waals surface area contributed by atoms with Gasteiger partial charge in [-0.05, 0) is 31.0 Å². The van der Waals surface area contributed by atoms with Crippen molar-refractivity contribution >= 4 is 5.97 Å². The van der Waals surface area contributed by atoms with E-state index in [4.69, 9.17) is 9.84 Å². The van der Waals surface area contributed by atoms with Crippen molar-refractivity contribution in [3.8, 4) is 5.75 Å². The van der Waals surface area contributed by atoms with Gasteiger partial charge >= 0.3 is 5.97 Å². The molecule has 1 aromatic rings. The van der Waals surface area contributed by atoms with E-state index < -0.39 is 11.9 Å². The molecule has 0 saturated heterocycles. The van der Waals surface area contributed by atoms with Gasteiger partial charge in [0.15, 0.2) is 0 Å². The van der Waals surface area contributed by atoms with E-state index in [1.165, 1.54) is 0 Å². The van der Waals surface area contributed by atoms with Crippen LogP contribution in [-0.2, 0) is 4.79 Å². The topological polar surface area (TPSA) is 46.5 Å². The summed E-state index contributed by atoms with van der Waals surface area (Å²) >= 11 is 0. The molecular weight excluding hydrogens is 180 g/mol. The van der Waals surface area contributed by atoms with Crippen LogP contribution in [0, 0.1) is 6.92 Å². The van der Waals surface area contributed by atoms with Crippen LogP contribution in [0.15, 0.2) is 18.2 Å². The number of aliphatic carboxylic acids is 1. The summed E-state index contributed by atoms with van der Waals surface area (Å²) in [5.74, 6) is -0.587. The number of benzene rings is 1. The van der Waals surface area contributed by atoms with Crippen LogP contribution in [-0.4, -0.2) is 18.2 Å². The third-order valence-corrected chi connectivity index (χ3v) is 2.30. The lowest BCUT2D eigenvalue weighted by molar-refractivity contribution is -0.138. The number of hydrogen-bond acceptors (Lipinski definition) is 2. The molecule has 0 aliphatic rings. The van der Waals surface area contributed by atoms with Gasteiger partial charge in [0, 0.05) is 0 Å². The first-order valence-corrected chi connectivity index (χ1v) is 4.43. The van der Waals surface area contributed by atoms with Crippen molar-refractivity contribution in [3.63, 3.8) is 0 Å². The van der Waals surface area contributed by atoms with Gasteiger partial charge < -0.3 is 9.84 Å². The van der Waals surface area contributed by atoms with Crippen molar-refractivity contribution in [2.24, 2.45) is 0 Å². The second-order valence-corrected chi connectivity index (χ2v) is 3.29. The highest BCUT2D eigenvalue weighted by molar-refractivity contribution is 5.75. The highest BCUT2D eigenvalue weighted by Crippen LogP contribution is 2.24. The molecule has 0 radical (unpaired) electrons. The van der Waals surface area contributed by atoms with Crippen molar-refractivity contribution in [3.05, 3.63) is 29.3 Å². The molecule has 0 heterocycles. The molecule has 1 rings (SSSR count). The lowest BCUT2D eigenvalue weighted by atomic mass is 10.00. The highest BCUT2D eigenvalue weighted by Gasteiger charge is 2.14. The van der Waals surface area contributed by atoms with Gasteiger partial charge in [0.05, 0.1) is 13.0 Å². The molecule has 0 saturated carbocycles. The normalized spacial score (nSPS) is 12.2. The van der Waals surface area contributed by atoms with Crippen molar-refractivity contribution < 1.29 is 14.6 Å². The molecule has 0 spiro atoms. The fourth-order valence-corrected chi connectivity index (χ4v) is 1.25. The zero-order chi connectivity index (χ0) is 10.7. The molecule has 76 valence electrons. The van der Waals surface area contributed by atoms with Crippen LogP contribution in [0.3, 0.4) is 0 Å². The van der Waals surface area contributed by atoms with E-state index >= 15 is 0 Å². The number of methoxy groups -OCH3 is 1. The summed E-state index contributed by atoms with van der Waals surface area (Å²) in [6, 6.07) is 5.46. The Labute approximate surface area is 83.3 Å². The second-order valence-electron chi connectivity index (χ2n) is 3.29. The first kappa shape index (κ1) is 10.6. The lowest BCUT2D eigenvalue weighted by Gasteiger charge is -2.10. The van der Waals surface area contributed by atoms with E-state index in [1.807, 2.05) is 19.1 Å². The Hall–Kier alpha value is -1.51. The molecule has 1 aromatic carbocycles. The van der Waals surface area contributed by atoms with E-state index in [9.17, 15) is 4.79 Å². The molecule has 0 unspecified atom stereocenters. The zero-order valence-electron chi connectivity index (χ0n) is 8.57. The quantitative estimate of drug-likeness (QED) is 0.802. The van der Waals surface area contributed by atoms with Crippen LogP contribution in [0.5, 0.6) is 5.75 Å². The molecule has 3 nitrogen and oxygen atoms in total. The van der Waals surface area contributed by atoms with Crippen LogP contribution >= 0.6 is 0 Å². The number of ether oxygens (including phenoxy) is 1. The Kier molecular flexibility index (Phi) is 3.12. The van der Waals surface area contributed by atoms with Gasteiger partial charge in [-0.15, -0.1) is 0 Å². The number of aryl methyl sites for hydroxylation is 1. The summed E-state index contributed by atoms with van der Waals surface area (Å²) in [5, 5.41) is 8.83. The Morgan fingerprint density at radius 2 is 2.14 bits per heavy atom. The average molecular weight is 194 g/mol. The lowest BCUT2D eigenvalue weighted by Crippen LogP contribution is -2.07. The average Bonchev–Trinajstić information content (AvgIpc) is 2.17. The zero-order valence-corrected chi connectivity index (χ0v) is 8.57. The predicted molar refractivity (Wildman–Crippen MR) is 53.8 cm³/mol. The Morgan fingerprint density at radius 3 is 2.64 bits per heavy atom. The van der Waals surface area contributed by atoms with Crippen LogP contribution < -0.4 is 4.74 Å². The Morgan fingerprint density at radius 1 is 1.50 bits per heavy atom. The molecule has 0 fully saturated rings. The predicted octanol–water partition coefficient (Wildman–Crippen LogP) is 2.19. The molecule has 1 atom stereocenters. The van der Waals surface area contributed by atoms with Crippen molar-refractivity contribution in [2.75, 3.05) is 7.11 Å². The monoisotopic (exact) mass is 194 g/mol. The third-order valence-electron chi connectivity index (χ3n) is 2.30. The molecule has 0 aliphatic carbocycles. The summed E-state index contributed by atoms with van der Waals surface area (Å²) in [4.78, 5) is 10.7. The fourth-order valence-electron chi connectivity index (χ4n) is 1.25. The molecule has 0 amide bonds. The van der Waals surface area contributed by atoms with Crippen LogP contribution in [0.2, 0.25) is 0 Å². The maximum atomic E-state index is 10.7. The van der Waals surface area contributed by atoms with Crippen LogP contribution in [0.25, 0.3) is 0 Å². The largest absolute Gasteiger partial charge is 0.496 e. The fraction of sp³-hybridized carbons (Fsp3) is 0.364. The molecule has 0 aromatic heterocycles. The molecule has 1 N–H and O–H groups in total. The van der Waals surface area contributed by atoms with E-state index in [2.05, 4.69) is 0 Å². The maximum Gasteiger partial charge on any atom is 0.310 e. The van der Waals surface area contributed by atoms with Crippen LogP contribution in [0.1, 0.15) is 24.0 Å². The van der Waals surface area contributed by atoms with E-state index in [0.29, 0.717) is 0 Å². The number of rotatable bonds is 3.